The molecular weight excluding hydrogens is 530 g/mol. The summed E-state index contributed by atoms with van der Waals surface area (Å²) in [4.78, 5) is 27.4. The van der Waals surface area contributed by atoms with Crippen LogP contribution < -0.4 is 10.1 Å². The zero-order valence-electron chi connectivity index (χ0n) is 14.8. The number of rotatable bonds is 5. The van der Waals surface area contributed by atoms with E-state index in [9.17, 15) is 20.0 Å². The fourth-order valence-electron chi connectivity index (χ4n) is 2.38. The van der Waals surface area contributed by atoms with Gasteiger partial charge in [0.15, 0.2) is 16.7 Å². The maximum atomic E-state index is 12.3. The van der Waals surface area contributed by atoms with E-state index < -0.39 is 4.92 Å². The SMILES string of the molecule is CCOc1cc(/C=C2/SC(=Nc3ccc([N+](=O)[O-])cc3Br)NC2=O)cc(Br)c1O. The van der Waals surface area contributed by atoms with E-state index in [4.69, 9.17) is 4.74 Å². The molecule has 0 radical (unpaired) electrons. The number of hydrogen-bond acceptors (Lipinski definition) is 7. The van der Waals surface area contributed by atoms with Gasteiger partial charge < -0.3 is 15.2 Å². The number of phenolic OH excluding ortho intramolecular Hbond substituents is 1. The molecule has 0 unspecified atom stereocenters. The van der Waals surface area contributed by atoms with Crippen LogP contribution >= 0.6 is 43.6 Å². The van der Waals surface area contributed by atoms with Gasteiger partial charge >= 0.3 is 0 Å². The molecular formula is C18H13Br2N3O5S. The molecule has 2 aromatic carbocycles. The summed E-state index contributed by atoms with van der Waals surface area (Å²) < 4.78 is 6.28. The Hall–Kier alpha value is -2.37. The highest BCUT2D eigenvalue weighted by molar-refractivity contribution is 9.11. The highest BCUT2D eigenvalue weighted by Crippen LogP contribution is 2.38. The molecule has 1 fully saturated rings. The third-order valence-electron chi connectivity index (χ3n) is 3.66. The monoisotopic (exact) mass is 541 g/mol. The number of hydrogen-bond donors (Lipinski definition) is 2. The van der Waals surface area contributed by atoms with Gasteiger partial charge in [0.05, 0.1) is 31.1 Å². The van der Waals surface area contributed by atoms with Crippen molar-refractivity contribution in [2.24, 2.45) is 4.99 Å². The van der Waals surface area contributed by atoms with Crippen LogP contribution in [0.25, 0.3) is 6.08 Å². The van der Waals surface area contributed by atoms with Crippen molar-refractivity contribution in [1.82, 2.24) is 5.32 Å². The number of carbonyl (C=O) groups is 1. The van der Waals surface area contributed by atoms with E-state index in [1.165, 1.54) is 18.2 Å². The first-order valence-corrected chi connectivity index (χ1v) is 10.6. The second-order valence-corrected chi connectivity index (χ2v) is 8.40. The Morgan fingerprint density at radius 3 is 2.72 bits per heavy atom. The highest BCUT2D eigenvalue weighted by Gasteiger charge is 2.24. The summed E-state index contributed by atoms with van der Waals surface area (Å²) in [7, 11) is 0. The van der Waals surface area contributed by atoms with Gasteiger partial charge in [-0.15, -0.1) is 0 Å². The minimum Gasteiger partial charge on any atom is -0.503 e. The number of ether oxygens (including phenoxy) is 1. The first-order valence-electron chi connectivity index (χ1n) is 8.17. The molecule has 1 amide bonds. The molecule has 1 saturated heterocycles. The van der Waals surface area contributed by atoms with E-state index in [0.29, 0.717) is 42.6 Å². The van der Waals surface area contributed by atoms with Crippen LogP contribution in [0.15, 0.2) is 49.2 Å². The van der Waals surface area contributed by atoms with E-state index in [1.54, 1.807) is 25.1 Å². The number of nitro benzene ring substituents is 1. The standard InChI is InChI=1S/C18H13Br2N3O5S/c1-2-28-14-6-9(5-12(20)16(14)24)7-15-17(25)22-18(29-15)21-13-4-3-10(23(26)27)8-11(13)19/h3-8,24H,2H2,1H3,(H,21,22,25)/b15-7+. The Labute approximate surface area is 186 Å². The average Bonchev–Trinajstić information content (AvgIpc) is 3.00. The molecule has 0 aliphatic carbocycles. The fourth-order valence-corrected chi connectivity index (χ4v) is 4.13. The number of thioether (sulfide) groups is 1. The lowest BCUT2D eigenvalue weighted by Crippen LogP contribution is -2.19. The molecule has 3 rings (SSSR count). The minimum atomic E-state index is -0.499. The van der Waals surface area contributed by atoms with Crippen molar-refractivity contribution in [3.05, 3.63) is 59.9 Å². The summed E-state index contributed by atoms with van der Waals surface area (Å²) in [6.07, 6.45) is 1.65. The maximum absolute atomic E-state index is 12.3. The first-order chi connectivity index (χ1) is 13.8. The number of non-ortho nitro benzene ring substituents is 1. The van der Waals surface area contributed by atoms with Gasteiger partial charge in [0.1, 0.15) is 0 Å². The van der Waals surface area contributed by atoms with Crippen LogP contribution in [0.4, 0.5) is 11.4 Å². The third-order valence-corrected chi connectivity index (χ3v) is 5.81. The molecule has 29 heavy (non-hydrogen) atoms. The van der Waals surface area contributed by atoms with Gasteiger partial charge in [-0.1, -0.05) is 0 Å². The number of amidine groups is 1. The number of aromatic hydroxyl groups is 1. The normalized spacial score (nSPS) is 16.3. The van der Waals surface area contributed by atoms with Gasteiger partial charge in [-0.05, 0) is 80.4 Å². The van der Waals surface area contributed by atoms with Gasteiger partial charge in [-0.2, -0.15) is 0 Å². The van der Waals surface area contributed by atoms with E-state index in [0.717, 1.165) is 11.8 Å². The quantitative estimate of drug-likeness (QED) is 0.308. The molecule has 0 spiro atoms. The van der Waals surface area contributed by atoms with Gasteiger partial charge in [-0.3, -0.25) is 14.9 Å². The number of halogens is 2. The van der Waals surface area contributed by atoms with Gasteiger partial charge in [0, 0.05) is 12.1 Å². The molecule has 0 atom stereocenters. The molecule has 2 N–H and O–H groups in total. The summed E-state index contributed by atoms with van der Waals surface area (Å²) >= 11 is 7.66. The minimum absolute atomic E-state index is 0.0113. The van der Waals surface area contributed by atoms with Crippen molar-refractivity contribution in [2.75, 3.05) is 6.61 Å². The zero-order chi connectivity index (χ0) is 21.1. The predicted octanol–water partition coefficient (Wildman–Crippen LogP) is 5.12. The summed E-state index contributed by atoms with van der Waals surface area (Å²) in [5.41, 5.74) is 1.05. The Bertz CT molecular complexity index is 1070. The molecule has 0 bridgehead atoms. The van der Waals surface area contributed by atoms with Crippen molar-refractivity contribution >= 4 is 72.1 Å². The number of nitrogens with one attached hydrogen (secondary N) is 1. The molecule has 2 aromatic rings. The molecule has 0 saturated carbocycles. The smallest absolute Gasteiger partial charge is 0.270 e. The van der Waals surface area contributed by atoms with Gasteiger partial charge in [0.2, 0.25) is 0 Å². The van der Waals surface area contributed by atoms with Crippen molar-refractivity contribution < 1.29 is 19.6 Å². The lowest BCUT2D eigenvalue weighted by Gasteiger charge is -2.08. The molecule has 0 aromatic heterocycles. The number of phenols is 1. The lowest BCUT2D eigenvalue weighted by molar-refractivity contribution is -0.384. The van der Waals surface area contributed by atoms with Crippen molar-refractivity contribution in [3.63, 3.8) is 0 Å². The van der Waals surface area contributed by atoms with Gasteiger partial charge in [0.25, 0.3) is 11.6 Å². The molecule has 150 valence electrons. The van der Waals surface area contributed by atoms with E-state index in [1.807, 2.05) is 0 Å². The highest BCUT2D eigenvalue weighted by atomic mass is 79.9. The second kappa shape index (κ2) is 8.97. The number of nitrogens with zero attached hydrogens (tertiary/aromatic N) is 2. The van der Waals surface area contributed by atoms with E-state index in [2.05, 4.69) is 42.2 Å². The van der Waals surface area contributed by atoms with Crippen LogP contribution in [0, 0.1) is 10.1 Å². The van der Waals surface area contributed by atoms with Crippen LogP contribution in [-0.4, -0.2) is 27.7 Å². The fraction of sp³-hybridized carbons (Fsp3) is 0.111. The van der Waals surface area contributed by atoms with Gasteiger partial charge in [-0.25, -0.2) is 4.99 Å². The summed E-state index contributed by atoms with van der Waals surface area (Å²) in [5.74, 6) is -0.0300. The van der Waals surface area contributed by atoms with Crippen molar-refractivity contribution in [3.8, 4) is 11.5 Å². The zero-order valence-corrected chi connectivity index (χ0v) is 18.8. The molecule has 1 aliphatic heterocycles. The largest absolute Gasteiger partial charge is 0.503 e. The number of nitro groups is 1. The Balaban J connectivity index is 1.87. The van der Waals surface area contributed by atoms with Crippen LogP contribution in [0.1, 0.15) is 12.5 Å². The Morgan fingerprint density at radius 1 is 1.31 bits per heavy atom. The van der Waals surface area contributed by atoms with Crippen molar-refractivity contribution in [2.45, 2.75) is 6.92 Å². The molecule has 1 aliphatic rings. The van der Waals surface area contributed by atoms with E-state index >= 15 is 0 Å². The molecule has 1 heterocycles. The summed E-state index contributed by atoms with van der Waals surface area (Å²) in [6.45, 7) is 2.19. The average molecular weight is 543 g/mol. The number of carbonyl (C=O) groups excluding carboxylic acids is 1. The Kier molecular flexibility index (Phi) is 6.60. The summed E-state index contributed by atoms with van der Waals surface area (Å²) in [6, 6.07) is 7.48. The van der Waals surface area contributed by atoms with E-state index in [-0.39, 0.29) is 17.3 Å². The number of benzene rings is 2. The third kappa shape index (κ3) is 4.98. The molecule has 11 heteroatoms. The van der Waals surface area contributed by atoms with Crippen LogP contribution in [0.3, 0.4) is 0 Å². The Morgan fingerprint density at radius 2 is 2.07 bits per heavy atom. The first kappa shape index (κ1) is 21.3. The number of aliphatic imine (C=N–C) groups is 1. The number of amides is 1. The van der Waals surface area contributed by atoms with Crippen LogP contribution in [0.5, 0.6) is 11.5 Å². The van der Waals surface area contributed by atoms with Crippen LogP contribution in [0.2, 0.25) is 0 Å². The maximum Gasteiger partial charge on any atom is 0.270 e. The predicted molar refractivity (Wildman–Crippen MR) is 119 cm³/mol. The van der Waals surface area contributed by atoms with Crippen molar-refractivity contribution in [1.29, 1.82) is 0 Å². The summed E-state index contributed by atoms with van der Waals surface area (Å²) in [5, 5.41) is 23.8. The molecule has 8 nitrogen and oxygen atoms in total. The second-order valence-electron chi connectivity index (χ2n) is 5.66. The van der Waals surface area contributed by atoms with Crippen LogP contribution in [-0.2, 0) is 4.79 Å². The topological polar surface area (TPSA) is 114 Å². The lowest BCUT2D eigenvalue weighted by atomic mass is 10.2.